The Morgan fingerprint density at radius 2 is 1.64 bits per heavy atom. The summed E-state index contributed by atoms with van der Waals surface area (Å²) in [5.41, 5.74) is 7.70. The zero-order valence-electron chi connectivity index (χ0n) is 23.0. The Kier molecular flexibility index (Phi) is 12.1. The number of nitrogens with two attached hydrogens (primary N) is 1. The fraction of sp³-hybridized carbons (Fsp3) is 0.536. The van der Waals surface area contributed by atoms with E-state index in [4.69, 9.17) is 10.8 Å². The van der Waals surface area contributed by atoms with E-state index in [1.165, 1.54) is 0 Å². The van der Waals surface area contributed by atoms with Gasteiger partial charge in [0, 0.05) is 29.9 Å². The number of aromatic nitrogens is 1. The molecule has 0 bridgehead atoms. The molecule has 1 aromatic heterocycles. The molecule has 0 saturated carbocycles. The van der Waals surface area contributed by atoms with Crippen LogP contribution in [0.1, 0.15) is 58.9 Å². The van der Waals surface area contributed by atoms with Crippen LogP contribution in [0.5, 0.6) is 0 Å². The molecule has 0 aliphatic carbocycles. The highest BCUT2D eigenvalue weighted by Gasteiger charge is 2.31. The van der Waals surface area contributed by atoms with Gasteiger partial charge in [0.1, 0.15) is 18.4 Å². The summed E-state index contributed by atoms with van der Waals surface area (Å²) in [6, 6.07) is 3.65. The average Bonchev–Trinajstić information content (AvgIpc) is 3.31. The fourth-order valence-electron chi connectivity index (χ4n) is 4.22. The number of hydrogen-bond acceptors (Lipinski definition) is 6. The van der Waals surface area contributed by atoms with Crippen molar-refractivity contribution in [1.29, 1.82) is 0 Å². The molecule has 0 spiro atoms. The number of rotatable bonds is 16. The number of nitrogens with one attached hydrogen (secondary N) is 4. The Morgan fingerprint density at radius 1 is 1.00 bits per heavy atom. The number of para-hydroxylation sites is 1. The lowest BCUT2D eigenvalue weighted by molar-refractivity contribution is -0.137. The number of amides is 3. The Hall–Kier alpha value is -3.73. The predicted molar refractivity (Wildman–Crippen MR) is 148 cm³/mol. The van der Waals surface area contributed by atoms with Crippen molar-refractivity contribution in [3.8, 4) is 0 Å². The van der Waals surface area contributed by atoms with E-state index >= 15 is 0 Å². The maximum Gasteiger partial charge on any atom is 0.303 e. The summed E-state index contributed by atoms with van der Waals surface area (Å²) in [7, 11) is 0. The molecule has 1 aromatic carbocycles. The van der Waals surface area contributed by atoms with Gasteiger partial charge in [0.2, 0.25) is 17.7 Å². The van der Waals surface area contributed by atoms with Gasteiger partial charge < -0.3 is 36.6 Å². The quantitative estimate of drug-likeness (QED) is 0.174. The standard InChI is InChI=1S/C28H41N5O6/c1-5-17(4)25(29)28(39)33-22(12-16(2)3)27(38)32-23(26(37)31-19(15-34)10-11-24(35)36)13-18-14-30-21-9-7-6-8-20(18)21/h6-9,14-17,19,22-23,25,30H,5,10-13,29H2,1-4H3,(H,31,37)(H,32,38)(H,33,39)(H,35,36)/t17?,19-,22+,23-,25?/m1/s1. The lowest BCUT2D eigenvalue weighted by atomic mass is 9.97. The minimum absolute atomic E-state index is 0.0530. The molecule has 2 aromatic rings. The normalized spacial score (nSPS) is 15.1. The number of H-pyrrole nitrogens is 1. The van der Waals surface area contributed by atoms with Gasteiger partial charge in [-0.05, 0) is 36.3 Å². The first-order valence-electron chi connectivity index (χ1n) is 13.4. The van der Waals surface area contributed by atoms with Crippen molar-refractivity contribution in [2.75, 3.05) is 0 Å². The first kappa shape index (κ1) is 31.5. The number of carbonyl (C=O) groups is 5. The van der Waals surface area contributed by atoms with Gasteiger partial charge in [-0.1, -0.05) is 52.3 Å². The predicted octanol–water partition coefficient (Wildman–Crippen LogP) is 1.65. The molecule has 7 N–H and O–H groups in total. The van der Waals surface area contributed by atoms with Crippen molar-refractivity contribution in [2.45, 2.75) is 84.0 Å². The number of benzene rings is 1. The lowest BCUT2D eigenvalue weighted by Crippen LogP contribution is -2.58. The molecular weight excluding hydrogens is 502 g/mol. The highest BCUT2D eigenvalue weighted by atomic mass is 16.4. The van der Waals surface area contributed by atoms with Crippen LogP contribution < -0.4 is 21.7 Å². The largest absolute Gasteiger partial charge is 0.481 e. The molecule has 3 amide bonds. The van der Waals surface area contributed by atoms with Crippen molar-refractivity contribution in [3.05, 3.63) is 36.0 Å². The summed E-state index contributed by atoms with van der Waals surface area (Å²) >= 11 is 0. The van der Waals surface area contributed by atoms with Crippen molar-refractivity contribution in [2.24, 2.45) is 17.6 Å². The van der Waals surface area contributed by atoms with Gasteiger partial charge in [0.05, 0.1) is 12.1 Å². The first-order valence-corrected chi connectivity index (χ1v) is 13.4. The zero-order chi connectivity index (χ0) is 29.1. The van der Waals surface area contributed by atoms with E-state index in [2.05, 4.69) is 20.9 Å². The highest BCUT2D eigenvalue weighted by molar-refractivity contribution is 5.94. The van der Waals surface area contributed by atoms with Crippen LogP contribution in [-0.4, -0.2) is 64.2 Å². The number of hydrogen-bond donors (Lipinski definition) is 6. The summed E-state index contributed by atoms with van der Waals surface area (Å²) in [5, 5.41) is 17.9. The molecule has 0 saturated heterocycles. The van der Waals surface area contributed by atoms with Gasteiger partial charge in [-0.15, -0.1) is 0 Å². The van der Waals surface area contributed by atoms with Crippen LogP contribution in [0, 0.1) is 11.8 Å². The summed E-state index contributed by atoms with van der Waals surface area (Å²) < 4.78 is 0. The van der Waals surface area contributed by atoms with Crippen molar-refractivity contribution < 1.29 is 29.1 Å². The van der Waals surface area contributed by atoms with Crippen LogP contribution in [0.4, 0.5) is 0 Å². The third kappa shape index (κ3) is 9.51. The smallest absolute Gasteiger partial charge is 0.303 e. The molecule has 1 heterocycles. The summed E-state index contributed by atoms with van der Waals surface area (Å²) in [6.45, 7) is 7.60. The van der Waals surface area contributed by atoms with E-state index in [1.807, 2.05) is 52.0 Å². The number of aliphatic carboxylic acids is 1. The van der Waals surface area contributed by atoms with Crippen LogP contribution in [0.25, 0.3) is 10.9 Å². The number of aldehydes is 1. The molecule has 2 rings (SSSR count). The second-order valence-corrected chi connectivity index (χ2v) is 10.4. The van der Waals surface area contributed by atoms with E-state index in [0.29, 0.717) is 19.1 Å². The Morgan fingerprint density at radius 3 is 2.26 bits per heavy atom. The van der Waals surface area contributed by atoms with Crippen LogP contribution in [0.15, 0.2) is 30.5 Å². The molecule has 0 aliphatic heterocycles. The molecule has 11 heteroatoms. The Labute approximate surface area is 228 Å². The van der Waals surface area contributed by atoms with Crippen LogP contribution in [-0.2, 0) is 30.4 Å². The zero-order valence-corrected chi connectivity index (χ0v) is 23.0. The number of carboxylic acids is 1. The first-order chi connectivity index (χ1) is 18.5. The van der Waals surface area contributed by atoms with Crippen LogP contribution in [0.3, 0.4) is 0 Å². The number of carbonyl (C=O) groups excluding carboxylic acids is 4. The molecule has 0 radical (unpaired) electrons. The molecule has 0 aliphatic rings. The second-order valence-electron chi connectivity index (χ2n) is 10.4. The SMILES string of the molecule is CCC(C)C(N)C(=O)N[C@@H](CC(C)C)C(=O)N[C@H](Cc1c[nH]c2ccccc12)C(=O)N[C@@H](C=O)CCC(=O)O. The average molecular weight is 544 g/mol. The van der Waals surface area contributed by atoms with Crippen molar-refractivity contribution in [3.63, 3.8) is 0 Å². The topological polar surface area (TPSA) is 183 Å². The molecular formula is C28H41N5O6. The summed E-state index contributed by atoms with van der Waals surface area (Å²) in [4.78, 5) is 65.2. The second kappa shape index (κ2) is 15.0. The van der Waals surface area contributed by atoms with E-state index < -0.39 is 47.9 Å². The van der Waals surface area contributed by atoms with Gasteiger partial charge >= 0.3 is 5.97 Å². The lowest BCUT2D eigenvalue weighted by Gasteiger charge is -2.27. The van der Waals surface area contributed by atoms with Gasteiger partial charge in [0.15, 0.2) is 0 Å². The molecule has 214 valence electrons. The third-order valence-electron chi connectivity index (χ3n) is 6.79. The highest BCUT2D eigenvalue weighted by Crippen LogP contribution is 2.19. The van der Waals surface area contributed by atoms with Gasteiger partial charge in [0.25, 0.3) is 0 Å². The Bertz CT molecular complexity index is 1150. The van der Waals surface area contributed by atoms with Crippen LogP contribution in [0.2, 0.25) is 0 Å². The van der Waals surface area contributed by atoms with Crippen LogP contribution >= 0.6 is 0 Å². The Balaban J connectivity index is 2.30. The van der Waals surface area contributed by atoms with Gasteiger partial charge in [-0.2, -0.15) is 0 Å². The summed E-state index contributed by atoms with van der Waals surface area (Å²) in [6.07, 6.45) is 2.95. The third-order valence-corrected chi connectivity index (χ3v) is 6.79. The summed E-state index contributed by atoms with van der Waals surface area (Å²) in [5.74, 6) is -2.76. The van der Waals surface area contributed by atoms with Crippen molar-refractivity contribution >= 4 is 40.9 Å². The molecule has 11 nitrogen and oxygen atoms in total. The molecule has 2 unspecified atom stereocenters. The minimum atomic E-state index is -1.10. The minimum Gasteiger partial charge on any atom is -0.481 e. The maximum absolute atomic E-state index is 13.5. The number of aromatic amines is 1. The molecule has 0 fully saturated rings. The van der Waals surface area contributed by atoms with E-state index in [1.54, 1.807) is 6.20 Å². The monoisotopic (exact) mass is 543 g/mol. The fourth-order valence-corrected chi connectivity index (χ4v) is 4.22. The molecule has 39 heavy (non-hydrogen) atoms. The van der Waals surface area contributed by atoms with Gasteiger partial charge in [-0.25, -0.2) is 0 Å². The van der Waals surface area contributed by atoms with E-state index in [0.717, 1.165) is 16.5 Å². The van der Waals surface area contributed by atoms with Crippen molar-refractivity contribution in [1.82, 2.24) is 20.9 Å². The number of fused-ring (bicyclic) bond motifs is 1. The number of carboxylic acid groups (broad SMARTS) is 1. The van der Waals surface area contributed by atoms with Gasteiger partial charge in [-0.3, -0.25) is 19.2 Å². The maximum atomic E-state index is 13.5. The van der Waals surface area contributed by atoms with E-state index in [-0.39, 0.29) is 31.1 Å². The molecule has 5 atom stereocenters. The van der Waals surface area contributed by atoms with E-state index in [9.17, 15) is 24.0 Å².